The van der Waals surface area contributed by atoms with E-state index in [-0.39, 0.29) is 18.0 Å². The minimum atomic E-state index is -0.159. The Morgan fingerprint density at radius 3 is 2.69 bits per heavy atom. The summed E-state index contributed by atoms with van der Waals surface area (Å²) in [6.45, 7) is 2.45. The van der Waals surface area contributed by atoms with Crippen molar-refractivity contribution >= 4 is 28.9 Å². The maximum absolute atomic E-state index is 12.8. The second kappa shape index (κ2) is 10.1. The molecule has 8 heteroatoms. The predicted octanol–water partition coefficient (Wildman–Crippen LogP) is 4.58. The smallest absolute Gasteiger partial charge is 0.226 e. The summed E-state index contributed by atoms with van der Waals surface area (Å²) in [5.74, 6) is -0.0511. The topological polar surface area (TPSA) is 75.1 Å². The molecule has 0 radical (unpaired) electrons. The number of para-hydroxylation sites is 1. The third-order valence-corrected chi connectivity index (χ3v) is 6.56. The summed E-state index contributed by atoms with van der Waals surface area (Å²) in [7, 11) is 0. The van der Waals surface area contributed by atoms with Gasteiger partial charge in [0.05, 0.1) is 29.7 Å². The normalized spacial score (nSPS) is 17.3. The number of aryl methyl sites for hydroxylation is 1. The summed E-state index contributed by atoms with van der Waals surface area (Å²) in [4.78, 5) is 23.8. The van der Waals surface area contributed by atoms with Crippen LogP contribution < -0.4 is 10.6 Å². The molecule has 0 aliphatic carbocycles. The van der Waals surface area contributed by atoms with Crippen LogP contribution in [0.4, 0.5) is 5.69 Å². The number of amides is 1. The number of pyridine rings is 2. The molecule has 3 aromatic heterocycles. The van der Waals surface area contributed by atoms with Crippen molar-refractivity contribution in [2.75, 3.05) is 11.9 Å². The highest BCUT2D eigenvalue weighted by Gasteiger charge is 2.41. The molecule has 2 N–H and O–H groups in total. The molecule has 4 aromatic rings. The molecular formula is C27H26N6OS. The van der Waals surface area contributed by atoms with Gasteiger partial charge in [-0.3, -0.25) is 14.8 Å². The van der Waals surface area contributed by atoms with Crippen molar-refractivity contribution in [1.29, 1.82) is 0 Å². The molecule has 4 heterocycles. The Kier molecular flexibility index (Phi) is 6.54. The molecule has 1 amide bonds. The number of nitrogens with zero attached hydrogens (tertiary/aromatic N) is 4. The highest BCUT2D eigenvalue weighted by atomic mass is 32.1. The number of aromatic nitrogens is 3. The Hall–Kier alpha value is -4.04. The fourth-order valence-electron chi connectivity index (χ4n) is 4.48. The molecule has 0 bridgehead atoms. The van der Waals surface area contributed by atoms with Gasteiger partial charge in [0.15, 0.2) is 5.11 Å². The molecule has 0 spiro atoms. The van der Waals surface area contributed by atoms with E-state index in [1.54, 1.807) is 12.4 Å². The first-order valence-electron chi connectivity index (χ1n) is 11.5. The van der Waals surface area contributed by atoms with E-state index in [1.807, 2.05) is 80.0 Å². The number of carbonyl (C=O) groups excluding carboxylic acids is 1. The Morgan fingerprint density at radius 1 is 1.06 bits per heavy atom. The molecule has 0 saturated carbocycles. The van der Waals surface area contributed by atoms with Crippen LogP contribution in [-0.2, 0) is 4.79 Å². The van der Waals surface area contributed by atoms with Gasteiger partial charge in [-0.2, -0.15) is 0 Å². The van der Waals surface area contributed by atoms with Crippen LogP contribution in [0.1, 0.15) is 35.5 Å². The molecule has 1 aliphatic rings. The van der Waals surface area contributed by atoms with Crippen LogP contribution in [0.3, 0.4) is 0 Å². The van der Waals surface area contributed by atoms with Gasteiger partial charge in [0.2, 0.25) is 5.91 Å². The first kappa shape index (κ1) is 22.7. The molecule has 1 aliphatic heterocycles. The zero-order valence-corrected chi connectivity index (χ0v) is 20.2. The molecule has 1 aromatic carbocycles. The average Bonchev–Trinajstić information content (AvgIpc) is 3.49. The lowest BCUT2D eigenvalue weighted by molar-refractivity contribution is -0.116. The lowest BCUT2D eigenvalue weighted by atomic mass is 10.0. The number of hydrogen-bond acceptors (Lipinski definition) is 4. The summed E-state index contributed by atoms with van der Waals surface area (Å²) in [5.41, 5.74) is 4.75. The Labute approximate surface area is 209 Å². The van der Waals surface area contributed by atoms with E-state index in [4.69, 9.17) is 12.2 Å². The van der Waals surface area contributed by atoms with Crippen LogP contribution in [-0.4, -0.2) is 37.0 Å². The summed E-state index contributed by atoms with van der Waals surface area (Å²) < 4.78 is 2.11. The van der Waals surface area contributed by atoms with Gasteiger partial charge >= 0.3 is 0 Å². The second-order valence-corrected chi connectivity index (χ2v) is 8.83. The van der Waals surface area contributed by atoms with Crippen LogP contribution in [0.5, 0.6) is 0 Å². The molecule has 176 valence electrons. The summed E-state index contributed by atoms with van der Waals surface area (Å²) in [5, 5.41) is 7.08. The molecule has 2 atom stereocenters. The number of anilines is 1. The van der Waals surface area contributed by atoms with Crippen LogP contribution in [0.25, 0.3) is 5.69 Å². The number of nitrogens with one attached hydrogen (secondary N) is 2. The van der Waals surface area contributed by atoms with Crippen molar-refractivity contribution in [1.82, 2.24) is 24.8 Å². The van der Waals surface area contributed by atoms with Crippen molar-refractivity contribution < 1.29 is 4.79 Å². The summed E-state index contributed by atoms with van der Waals surface area (Å²) in [6, 6.07) is 21.4. The Bertz CT molecular complexity index is 1320. The third-order valence-electron chi connectivity index (χ3n) is 6.20. The first-order chi connectivity index (χ1) is 17.1. The number of hydrogen-bond donors (Lipinski definition) is 2. The summed E-state index contributed by atoms with van der Waals surface area (Å²) in [6.07, 6.45) is 7.70. The lowest BCUT2D eigenvalue weighted by Crippen LogP contribution is -2.33. The molecule has 1 saturated heterocycles. The van der Waals surface area contributed by atoms with Gasteiger partial charge in [0, 0.05) is 42.9 Å². The van der Waals surface area contributed by atoms with Crippen LogP contribution in [0.15, 0.2) is 91.5 Å². The number of benzene rings is 1. The van der Waals surface area contributed by atoms with Crippen LogP contribution in [0, 0.1) is 6.92 Å². The van der Waals surface area contributed by atoms with Gasteiger partial charge in [-0.25, -0.2) is 0 Å². The fourth-order valence-corrected chi connectivity index (χ4v) is 4.81. The third kappa shape index (κ3) is 4.79. The van der Waals surface area contributed by atoms with Gasteiger partial charge in [-0.05, 0) is 67.2 Å². The monoisotopic (exact) mass is 482 g/mol. The van der Waals surface area contributed by atoms with Gasteiger partial charge in [0.25, 0.3) is 0 Å². The maximum Gasteiger partial charge on any atom is 0.226 e. The average molecular weight is 483 g/mol. The quantitative estimate of drug-likeness (QED) is 0.376. The molecule has 35 heavy (non-hydrogen) atoms. The van der Waals surface area contributed by atoms with Crippen molar-refractivity contribution in [3.63, 3.8) is 0 Å². The van der Waals surface area contributed by atoms with E-state index in [0.717, 1.165) is 28.3 Å². The van der Waals surface area contributed by atoms with E-state index in [2.05, 4.69) is 36.1 Å². The number of rotatable bonds is 7. The van der Waals surface area contributed by atoms with Gasteiger partial charge < -0.3 is 20.1 Å². The van der Waals surface area contributed by atoms with Crippen molar-refractivity contribution in [2.45, 2.75) is 25.4 Å². The Morgan fingerprint density at radius 2 is 1.91 bits per heavy atom. The first-order valence-corrected chi connectivity index (χ1v) is 11.9. The Balaban J connectivity index is 1.44. The van der Waals surface area contributed by atoms with Gasteiger partial charge in [-0.1, -0.05) is 24.3 Å². The van der Waals surface area contributed by atoms with Crippen molar-refractivity contribution in [3.8, 4) is 5.69 Å². The number of carbonyl (C=O) groups is 1. The van der Waals surface area contributed by atoms with E-state index in [9.17, 15) is 4.79 Å². The van der Waals surface area contributed by atoms with Crippen molar-refractivity contribution in [2.24, 2.45) is 0 Å². The predicted molar refractivity (Wildman–Crippen MR) is 140 cm³/mol. The molecule has 1 fully saturated rings. The molecule has 5 rings (SSSR count). The second-order valence-electron chi connectivity index (χ2n) is 8.45. The minimum Gasteiger partial charge on any atom is -0.352 e. The molecule has 7 nitrogen and oxygen atoms in total. The number of thiocarbonyl (C=S) groups is 1. The summed E-state index contributed by atoms with van der Waals surface area (Å²) >= 11 is 5.76. The zero-order valence-electron chi connectivity index (χ0n) is 19.3. The minimum absolute atomic E-state index is 0.0511. The highest BCUT2D eigenvalue weighted by Crippen LogP contribution is 2.39. The molecular weight excluding hydrogens is 456 g/mol. The van der Waals surface area contributed by atoms with Gasteiger partial charge in [-0.15, -0.1) is 0 Å². The van der Waals surface area contributed by atoms with Gasteiger partial charge in [0.1, 0.15) is 0 Å². The van der Waals surface area contributed by atoms with Crippen LogP contribution >= 0.6 is 12.2 Å². The van der Waals surface area contributed by atoms with E-state index < -0.39 is 0 Å². The molecule has 0 unspecified atom stereocenters. The fraction of sp³-hybridized carbons (Fsp3) is 0.185. The van der Waals surface area contributed by atoms with Crippen molar-refractivity contribution in [3.05, 3.63) is 108 Å². The maximum atomic E-state index is 12.8. The zero-order chi connectivity index (χ0) is 24.2. The standard InChI is InChI=1S/C27H26N6OS/c1-19-8-2-3-10-21(19)30-24(34)13-17-33-26(25(31-27(33)35)22-11-4-5-15-29-22)23-12-7-16-32(23)20-9-6-14-28-18-20/h2-12,14-16,18,25-26H,13,17H2,1H3,(H,30,34)(H,31,35)/t25-,26+/m0/s1. The van der Waals surface area contributed by atoms with E-state index >= 15 is 0 Å². The van der Waals surface area contributed by atoms with E-state index in [0.29, 0.717) is 18.1 Å². The van der Waals surface area contributed by atoms with E-state index in [1.165, 1.54) is 0 Å². The van der Waals surface area contributed by atoms with Crippen LogP contribution in [0.2, 0.25) is 0 Å². The highest BCUT2D eigenvalue weighted by molar-refractivity contribution is 7.80. The largest absolute Gasteiger partial charge is 0.352 e. The lowest BCUT2D eigenvalue weighted by Gasteiger charge is -2.28. The SMILES string of the molecule is Cc1ccccc1NC(=O)CCN1C(=S)N[C@@H](c2ccccn2)[C@H]1c1cccn1-c1cccnc1.